The average molecular weight is 254 g/mol. The molecule has 3 unspecified atom stereocenters. The van der Waals surface area contributed by atoms with Crippen molar-refractivity contribution < 1.29 is 5.11 Å². The number of hydrogen-bond acceptors (Lipinski definition) is 2. The minimum absolute atomic E-state index is 0.514. The molecule has 3 heteroatoms. The van der Waals surface area contributed by atoms with Crippen LogP contribution < -0.4 is 5.32 Å². The van der Waals surface area contributed by atoms with Gasteiger partial charge >= 0.3 is 0 Å². The van der Waals surface area contributed by atoms with Crippen LogP contribution >= 0.6 is 11.6 Å². The Balaban J connectivity index is 1.85. The van der Waals surface area contributed by atoms with Crippen LogP contribution in [0.3, 0.4) is 0 Å². The zero-order valence-corrected chi connectivity index (χ0v) is 11.0. The Morgan fingerprint density at radius 2 is 2.18 bits per heavy atom. The molecular weight excluding hydrogens is 234 g/mol. The fraction of sp³-hybridized carbons (Fsp3) is 0.571. The summed E-state index contributed by atoms with van der Waals surface area (Å²) in [4.78, 5) is 0. The smallest absolute Gasteiger partial charge is 0.0928 e. The van der Waals surface area contributed by atoms with E-state index >= 15 is 0 Å². The monoisotopic (exact) mass is 253 g/mol. The number of aliphatic hydroxyl groups excluding tert-OH is 1. The van der Waals surface area contributed by atoms with Crippen LogP contribution in [0.25, 0.3) is 0 Å². The predicted octanol–water partition coefficient (Wildman–Crippen LogP) is 3.15. The molecule has 0 heterocycles. The van der Waals surface area contributed by atoms with Gasteiger partial charge in [-0.25, -0.2) is 0 Å². The van der Waals surface area contributed by atoms with Crippen LogP contribution in [0.2, 0.25) is 5.02 Å². The van der Waals surface area contributed by atoms with Gasteiger partial charge in [-0.1, -0.05) is 36.7 Å². The average Bonchev–Trinajstić information content (AvgIpc) is 2.73. The number of rotatable bonds is 4. The third kappa shape index (κ3) is 3.44. The summed E-state index contributed by atoms with van der Waals surface area (Å²) in [6.45, 7) is 2.87. The van der Waals surface area contributed by atoms with Crippen molar-refractivity contribution >= 4 is 11.6 Å². The molecule has 0 aliphatic heterocycles. The van der Waals surface area contributed by atoms with Crippen LogP contribution in [0.5, 0.6) is 0 Å². The molecule has 94 valence electrons. The zero-order valence-electron chi connectivity index (χ0n) is 10.2. The van der Waals surface area contributed by atoms with Crippen LogP contribution in [0.4, 0.5) is 0 Å². The Bertz CT molecular complexity index is 369. The van der Waals surface area contributed by atoms with Crippen molar-refractivity contribution in [2.45, 2.75) is 38.3 Å². The van der Waals surface area contributed by atoms with E-state index in [0.717, 1.165) is 11.5 Å². The molecular formula is C14H20ClNO. The standard InChI is InChI=1S/C14H20ClNO/c1-10-6-7-11(8-10)16-9-14(17)12-4-2-3-5-13(12)15/h2-5,10-11,14,16-17H,6-9H2,1H3. The minimum atomic E-state index is -0.514. The van der Waals surface area contributed by atoms with Gasteiger partial charge in [0.25, 0.3) is 0 Å². The van der Waals surface area contributed by atoms with Crippen molar-refractivity contribution in [2.75, 3.05) is 6.54 Å². The first-order valence-corrected chi connectivity index (χ1v) is 6.70. The van der Waals surface area contributed by atoms with E-state index in [1.165, 1.54) is 19.3 Å². The van der Waals surface area contributed by atoms with Gasteiger partial charge in [-0.2, -0.15) is 0 Å². The van der Waals surface area contributed by atoms with Gasteiger partial charge in [-0.15, -0.1) is 0 Å². The van der Waals surface area contributed by atoms with Gasteiger partial charge < -0.3 is 10.4 Å². The lowest BCUT2D eigenvalue weighted by atomic mass is 10.1. The summed E-state index contributed by atoms with van der Waals surface area (Å²) in [7, 11) is 0. The second-order valence-corrected chi connectivity index (χ2v) is 5.47. The zero-order chi connectivity index (χ0) is 12.3. The molecule has 0 radical (unpaired) electrons. The van der Waals surface area contributed by atoms with E-state index in [2.05, 4.69) is 12.2 Å². The predicted molar refractivity (Wildman–Crippen MR) is 71.2 cm³/mol. The molecule has 0 saturated heterocycles. The molecule has 1 fully saturated rings. The molecule has 3 atom stereocenters. The van der Waals surface area contributed by atoms with E-state index < -0.39 is 6.10 Å². The lowest BCUT2D eigenvalue weighted by Gasteiger charge is -2.17. The van der Waals surface area contributed by atoms with Crippen molar-refractivity contribution in [3.05, 3.63) is 34.9 Å². The molecule has 1 aromatic rings. The van der Waals surface area contributed by atoms with Crippen molar-refractivity contribution in [3.8, 4) is 0 Å². The van der Waals surface area contributed by atoms with Gasteiger partial charge in [-0.3, -0.25) is 0 Å². The quantitative estimate of drug-likeness (QED) is 0.864. The second-order valence-electron chi connectivity index (χ2n) is 5.06. The normalized spacial score (nSPS) is 26.1. The lowest BCUT2D eigenvalue weighted by Crippen LogP contribution is -2.30. The fourth-order valence-electron chi connectivity index (χ4n) is 2.53. The fourth-order valence-corrected chi connectivity index (χ4v) is 2.79. The first-order chi connectivity index (χ1) is 8.16. The number of aliphatic hydroxyl groups is 1. The maximum Gasteiger partial charge on any atom is 0.0928 e. The SMILES string of the molecule is CC1CCC(NCC(O)c2ccccc2Cl)C1. The maximum atomic E-state index is 10.1. The first kappa shape index (κ1) is 12.9. The van der Waals surface area contributed by atoms with Crippen LogP contribution in [-0.4, -0.2) is 17.7 Å². The molecule has 0 bridgehead atoms. The summed E-state index contributed by atoms with van der Waals surface area (Å²) in [6.07, 6.45) is 3.21. The highest BCUT2D eigenvalue weighted by atomic mass is 35.5. The summed E-state index contributed by atoms with van der Waals surface area (Å²) in [5.41, 5.74) is 0.813. The summed E-state index contributed by atoms with van der Waals surface area (Å²) >= 11 is 6.05. The molecule has 17 heavy (non-hydrogen) atoms. The van der Waals surface area contributed by atoms with Crippen molar-refractivity contribution in [2.24, 2.45) is 5.92 Å². The topological polar surface area (TPSA) is 32.3 Å². The highest BCUT2D eigenvalue weighted by molar-refractivity contribution is 6.31. The molecule has 0 aromatic heterocycles. The van der Waals surface area contributed by atoms with E-state index in [-0.39, 0.29) is 0 Å². The molecule has 0 spiro atoms. The molecule has 2 N–H and O–H groups in total. The van der Waals surface area contributed by atoms with Crippen LogP contribution in [-0.2, 0) is 0 Å². The van der Waals surface area contributed by atoms with Gasteiger partial charge in [0, 0.05) is 23.2 Å². The minimum Gasteiger partial charge on any atom is -0.387 e. The Kier molecular flexibility index (Phi) is 4.43. The largest absolute Gasteiger partial charge is 0.387 e. The third-order valence-corrected chi connectivity index (χ3v) is 3.90. The Hall–Kier alpha value is -0.570. The number of halogens is 1. The third-order valence-electron chi connectivity index (χ3n) is 3.56. The molecule has 1 saturated carbocycles. The van der Waals surface area contributed by atoms with Crippen molar-refractivity contribution in [3.63, 3.8) is 0 Å². The van der Waals surface area contributed by atoms with Gasteiger partial charge in [0.1, 0.15) is 0 Å². The molecule has 0 amide bonds. The van der Waals surface area contributed by atoms with Crippen LogP contribution in [0, 0.1) is 5.92 Å². The van der Waals surface area contributed by atoms with Crippen molar-refractivity contribution in [1.29, 1.82) is 0 Å². The molecule has 2 nitrogen and oxygen atoms in total. The lowest BCUT2D eigenvalue weighted by molar-refractivity contribution is 0.169. The molecule has 1 aromatic carbocycles. The molecule has 2 rings (SSSR count). The highest BCUT2D eigenvalue weighted by Crippen LogP contribution is 2.26. The maximum absolute atomic E-state index is 10.1. The van der Waals surface area contributed by atoms with E-state index in [4.69, 9.17) is 11.6 Å². The summed E-state index contributed by atoms with van der Waals surface area (Å²) < 4.78 is 0. The molecule has 1 aliphatic rings. The summed E-state index contributed by atoms with van der Waals surface area (Å²) in [5, 5.41) is 14.1. The van der Waals surface area contributed by atoms with E-state index in [1.807, 2.05) is 24.3 Å². The summed E-state index contributed by atoms with van der Waals surface area (Å²) in [5.74, 6) is 0.810. The first-order valence-electron chi connectivity index (χ1n) is 6.32. The van der Waals surface area contributed by atoms with Crippen molar-refractivity contribution in [1.82, 2.24) is 5.32 Å². The van der Waals surface area contributed by atoms with E-state index in [9.17, 15) is 5.11 Å². The summed E-state index contributed by atoms with van der Waals surface area (Å²) in [6, 6.07) is 8.04. The Labute approximate surface area is 108 Å². The number of nitrogens with one attached hydrogen (secondary N) is 1. The van der Waals surface area contributed by atoms with E-state index in [0.29, 0.717) is 17.6 Å². The Morgan fingerprint density at radius 3 is 2.82 bits per heavy atom. The van der Waals surface area contributed by atoms with Gasteiger partial charge in [0.05, 0.1) is 6.10 Å². The van der Waals surface area contributed by atoms with Crippen LogP contribution in [0.1, 0.15) is 37.9 Å². The number of hydrogen-bond donors (Lipinski definition) is 2. The number of benzene rings is 1. The van der Waals surface area contributed by atoms with E-state index in [1.54, 1.807) is 0 Å². The van der Waals surface area contributed by atoms with Gasteiger partial charge in [0.2, 0.25) is 0 Å². The van der Waals surface area contributed by atoms with Gasteiger partial charge in [0.15, 0.2) is 0 Å². The van der Waals surface area contributed by atoms with Gasteiger partial charge in [-0.05, 0) is 31.2 Å². The molecule has 1 aliphatic carbocycles. The van der Waals surface area contributed by atoms with Crippen LogP contribution in [0.15, 0.2) is 24.3 Å². The second kappa shape index (κ2) is 5.85. The highest BCUT2D eigenvalue weighted by Gasteiger charge is 2.21. The Morgan fingerprint density at radius 1 is 1.41 bits per heavy atom.